The maximum absolute atomic E-state index is 12.5. The molecule has 6 fully saturated rings. The number of ether oxygens (including phenoxy) is 4. The molecule has 0 aromatic carbocycles. The smallest absolute Gasteiger partial charge is 0.309 e. The molecule has 6 aliphatic rings. The van der Waals surface area contributed by atoms with Gasteiger partial charge in [0.25, 0.3) is 0 Å². The van der Waals surface area contributed by atoms with Crippen molar-refractivity contribution in [1.29, 1.82) is 0 Å². The fraction of sp³-hybridized carbons (Fsp3) is 0.906. The summed E-state index contributed by atoms with van der Waals surface area (Å²) in [6, 6.07) is 0. The molecule has 4 saturated carbocycles. The molecule has 2 heterocycles. The third kappa shape index (κ3) is 5.04. The van der Waals surface area contributed by atoms with E-state index in [9.17, 15) is 45.6 Å². The number of aliphatic hydroxyl groups excluding tert-OH is 7. The van der Waals surface area contributed by atoms with Gasteiger partial charge in [-0.3, -0.25) is 4.79 Å². The monoisotopic (exact) mass is 642 g/mol. The van der Waals surface area contributed by atoms with Gasteiger partial charge in [0.1, 0.15) is 48.8 Å². The van der Waals surface area contributed by atoms with Crippen LogP contribution >= 0.6 is 0 Å². The number of rotatable bonds is 7. The fourth-order valence-electron chi connectivity index (χ4n) is 10.6. The van der Waals surface area contributed by atoms with E-state index in [1.165, 1.54) is 0 Å². The number of carbonyl (C=O) groups is 1. The first-order valence-corrected chi connectivity index (χ1v) is 16.3. The summed E-state index contributed by atoms with van der Waals surface area (Å²) >= 11 is 0. The van der Waals surface area contributed by atoms with Crippen molar-refractivity contribution in [2.24, 2.45) is 28.1 Å². The molecule has 13 heteroatoms. The summed E-state index contributed by atoms with van der Waals surface area (Å²) < 4.78 is 23.7. The Hall–Kier alpha value is -1.23. The topological polar surface area (TPSA) is 216 Å². The van der Waals surface area contributed by atoms with Crippen LogP contribution in [0.3, 0.4) is 0 Å². The number of hydrogen-bond acceptors (Lipinski definition) is 12. The van der Waals surface area contributed by atoms with Gasteiger partial charge in [-0.05, 0) is 86.5 Å². The summed E-state index contributed by atoms with van der Waals surface area (Å²) in [5.74, 6) is -0.363. The standard InChI is InChI=1S/C32H50O13/c1-15-11-31-9-5-18-29(2,7-4-8-30(18,3)28(40)41)19(31)6-10-32(15,14-31)45-27-24(39)25(21(36)17(13-34)43-27)44-26-23(38)22(37)20(35)16(12-33)42-26/h16-27,33-39H,1,4-14H2,2-3H3,(H,40,41)/t16-,17-,18+,19+,20-,21-,22+,23-,24-,25+,26+,27+,29-,30-,31-,32+/m1/s1. The van der Waals surface area contributed by atoms with Crippen LogP contribution in [0.15, 0.2) is 12.2 Å². The highest BCUT2D eigenvalue weighted by Gasteiger charge is 2.69. The van der Waals surface area contributed by atoms with Gasteiger partial charge in [-0.2, -0.15) is 0 Å². The molecular weight excluding hydrogens is 592 g/mol. The zero-order chi connectivity index (χ0) is 32.7. The Kier molecular flexibility index (Phi) is 8.77. The first kappa shape index (κ1) is 33.7. The SMILES string of the molecule is C=C1C[C@@]23CC[C@H]4[C@@](C)(CCC[C@@]4(C)C(=O)O)[C@@H]2CC[C@]1(O[C@@H]1O[C@H](CO)[C@@H](O)[C@H](O[C@@H]2O[C@H](CO)[C@@H](O)[C@H](O)[C@H]2O)[C@H]1O)C3. The number of hydrogen-bond donors (Lipinski definition) is 8. The summed E-state index contributed by atoms with van der Waals surface area (Å²) in [7, 11) is 0. The fourth-order valence-corrected chi connectivity index (χ4v) is 10.6. The van der Waals surface area contributed by atoms with Gasteiger partial charge in [0.15, 0.2) is 12.6 Å². The minimum Gasteiger partial charge on any atom is -0.481 e. The Balaban J connectivity index is 1.22. The molecule has 1 spiro atoms. The van der Waals surface area contributed by atoms with Gasteiger partial charge in [0.05, 0.1) is 24.2 Å². The molecule has 16 atom stereocenters. The predicted molar refractivity (Wildman–Crippen MR) is 154 cm³/mol. The van der Waals surface area contributed by atoms with E-state index in [1.807, 2.05) is 6.92 Å². The Bertz CT molecular complexity index is 1150. The number of aliphatic carboxylic acids is 1. The van der Waals surface area contributed by atoms with Crippen molar-refractivity contribution in [3.8, 4) is 0 Å². The lowest BCUT2D eigenvalue weighted by atomic mass is 9.41. The molecule has 256 valence electrons. The van der Waals surface area contributed by atoms with Gasteiger partial charge in [0, 0.05) is 0 Å². The molecule has 0 radical (unpaired) electrons. The normalized spacial score (nSPS) is 54.7. The molecule has 6 rings (SSSR count). The van der Waals surface area contributed by atoms with E-state index in [4.69, 9.17) is 18.9 Å². The van der Waals surface area contributed by atoms with Gasteiger partial charge in [-0.25, -0.2) is 0 Å². The second kappa shape index (κ2) is 11.7. The van der Waals surface area contributed by atoms with Crippen LogP contribution in [0.1, 0.15) is 71.6 Å². The largest absolute Gasteiger partial charge is 0.481 e. The van der Waals surface area contributed by atoms with E-state index in [1.54, 1.807) is 0 Å². The molecule has 8 N–H and O–H groups in total. The van der Waals surface area contributed by atoms with Crippen molar-refractivity contribution < 1.29 is 64.6 Å². The van der Waals surface area contributed by atoms with E-state index < -0.39 is 91.6 Å². The van der Waals surface area contributed by atoms with E-state index in [-0.39, 0.29) is 22.7 Å². The Morgan fingerprint density at radius 1 is 0.844 bits per heavy atom. The number of fused-ring (bicyclic) bond motifs is 3. The lowest BCUT2D eigenvalue weighted by Crippen LogP contribution is -2.65. The van der Waals surface area contributed by atoms with Gasteiger partial charge in [-0.15, -0.1) is 0 Å². The van der Waals surface area contributed by atoms with Crippen molar-refractivity contribution >= 4 is 5.97 Å². The minimum absolute atomic E-state index is 0.0739. The van der Waals surface area contributed by atoms with Crippen LogP contribution in [0.25, 0.3) is 0 Å². The Morgan fingerprint density at radius 2 is 1.49 bits per heavy atom. The zero-order valence-corrected chi connectivity index (χ0v) is 26.0. The van der Waals surface area contributed by atoms with Crippen molar-refractivity contribution in [3.05, 3.63) is 12.2 Å². The number of aliphatic hydroxyl groups is 7. The predicted octanol–water partition coefficient (Wildman–Crippen LogP) is -0.197. The maximum Gasteiger partial charge on any atom is 0.309 e. The van der Waals surface area contributed by atoms with Crippen LogP contribution in [0.4, 0.5) is 0 Å². The molecule has 13 nitrogen and oxygen atoms in total. The molecule has 0 amide bonds. The summed E-state index contributed by atoms with van der Waals surface area (Å²) in [5, 5.41) is 83.1. The van der Waals surface area contributed by atoms with Crippen LogP contribution in [-0.2, 0) is 23.7 Å². The zero-order valence-electron chi connectivity index (χ0n) is 26.0. The second-order valence-corrected chi connectivity index (χ2v) is 15.2. The summed E-state index contributed by atoms with van der Waals surface area (Å²) in [6.45, 7) is 7.30. The van der Waals surface area contributed by atoms with Crippen molar-refractivity contribution in [2.45, 2.75) is 139 Å². The quantitative estimate of drug-likeness (QED) is 0.134. The van der Waals surface area contributed by atoms with Gasteiger partial charge >= 0.3 is 5.97 Å². The number of carboxylic acid groups (broad SMARTS) is 1. The summed E-state index contributed by atoms with van der Waals surface area (Å²) in [4.78, 5) is 12.5. The molecule has 2 bridgehead atoms. The van der Waals surface area contributed by atoms with E-state index in [2.05, 4.69) is 13.5 Å². The Labute approximate surface area is 262 Å². The first-order valence-electron chi connectivity index (χ1n) is 16.3. The highest BCUT2D eigenvalue weighted by atomic mass is 16.7. The van der Waals surface area contributed by atoms with Crippen molar-refractivity contribution in [2.75, 3.05) is 13.2 Å². The molecule has 2 aliphatic heterocycles. The van der Waals surface area contributed by atoms with Crippen molar-refractivity contribution in [3.63, 3.8) is 0 Å². The van der Waals surface area contributed by atoms with Gasteiger partial charge < -0.3 is 59.8 Å². The van der Waals surface area contributed by atoms with E-state index in [0.717, 1.165) is 37.7 Å². The first-order chi connectivity index (χ1) is 21.2. The lowest BCUT2D eigenvalue weighted by Gasteiger charge is -2.64. The molecule has 0 unspecified atom stereocenters. The average Bonchev–Trinajstić information content (AvgIpc) is 3.19. The molecule has 4 aliphatic carbocycles. The van der Waals surface area contributed by atoms with Crippen LogP contribution < -0.4 is 0 Å². The third-order valence-electron chi connectivity index (χ3n) is 12.9. The minimum atomic E-state index is -1.76. The van der Waals surface area contributed by atoms with E-state index in [0.29, 0.717) is 25.7 Å². The summed E-state index contributed by atoms with van der Waals surface area (Å²) in [5.41, 5.74) is -1.02. The van der Waals surface area contributed by atoms with Crippen LogP contribution in [0, 0.1) is 28.1 Å². The molecular formula is C32H50O13. The van der Waals surface area contributed by atoms with Crippen molar-refractivity contribution in [1.82, 2.24) is 0 Å². The molecule has 0 aromatic rings. The highest BCUT2D eigenvalue weighted by Crippen LogP contribution is 2.73. The highest BCUT2D eigenvalue weighted by molar-refractivity contribution is 5.75. The molecule has 2 saturated heterocycles. The molecule has 0 aromatic heterocycles. The average molecular weight is 643 g/mol. The Morgan fingerprint density at radius 3 is 2.16 bits per heavy atom. The third-order valence-corrected chi connectivity index (χ3v) is 12.9. The summed E-state index contributed by atoms with van der Waals surface area (Å²) in [6.07, 6.45) is -8.37. The van der Waals surface area contributed by atoms with Gasteiger partial charge in [0.2, 0.25) is 0 Å². The second-order valence-electron chi connectivity index (χ2n) is 15.2. The maximum atomic E-state index is 12.5. The molecule has 45 heavy (non-hydrogen) atoms. The lowest BCUT2D eigenvalue weighted by molar-refractivity contribution is -0.369. The van der Waals surface area contributed by atoms with Crippen LogP contribution in [0.5, 0.6) is 0 Å². The van der Waals surface area contributed by atoms with Gasteiger partial charge in [-0.1, -0.05) is 19.9 Å². The van der Waals surface area contributed by atoms with Crippen LogP contribution in [-0.4, -0.2) is 127 Å². The number of carboxylic acids is 1. The van der Waals surface area contributed by atoms with Crippen LogP contribution in [0.2, 0.25) is 0 Å². The van der Waals surface area contributed by atoms with E-state index >= 15 is 0 Å².